The summed E-state index contributed by atoms with van der Waals surface area (Å²) in [4.78, 5) is 24.3. The van der Waals surface area contributed by atoms with Gasteiger partial charge in [0.2, 0.25) is 0 Å². The molecular formula is C19H16FN3O2. The minimum Gasteiger partial charge on any atom is -0.454 e. The van der Waals surface area contributed by atoms with Gasteiger partial charge >= 0.3 is 0 Å². The maximum absolute atomic E-state index is 13.9. The maximum atomic E-state index is 13.9. The minimum absolute atomic E-state index is 0.102. The number of carbonyl (C=O) groups excluding carboxylic acids is 1. The van der Waals surface area contributed by atoms with E-state index in [4.69, 9.17) is 4.74 Å². The number of hydrogen-bond donors (Lipinski definition) is 0. The zero-order chi connectivity index (χ0) is 17.6. The van der Waals surface area contributed by atoms with Gasteiger partial charge in [0, 0.05) is 23.5 Å². The van der Waals surface area contributed by atoms with Crippen LogP contribution in [0.15, 0.2) is 55.2 Å². The lowest BCUT2D eigenvalue weighted by Gasteiger charge is -2.08. The van der Waals surface area contributed by atoms with Crippen molar-refractivity contribution in [2.75, 3.05) is 0 Å². The molecule has 3 rings (SSSR count). The third kappa shape index (κ3) is 4.44. The van der Waals surface area contributed by atoms with Crippen molar-refractivity contribution in [2.45, 2.75) is 19.8 Å². The highest BCUT2D eigenvalue weighted by molar-refractivity contribution is 5.97. The van der Waals surface area contributed by atoms with E-state index in [-0.39, 0.29) is 23.5 Å². The number of aromatic nitrogens is 3. The summed E-state index contributed by atoms with van der Waals surface area (Å²) < 4.78 is 19.4. The number of ether oxygens (including phenoxy) is 1. The lowest BCUT2D eigenvalue weighted by Crippen LogP contribution is -2.06. The van der Waals surface area contributed by atoms with E-state index in [1.54, 1.807) is 6.20 Å². The summed E-state index contributed by atoms with van der Waals surface area (Å²) in [5.74, 6) is -0.195. The molecule has 0 bridgehead atoms. The molecule has 5 nitrogen and oxygen atoms in total. The smallest absolute Gasteiger partial charge is 0.169 e. The first kappa shape index (κ1) is 16.7. The average Bonchev–Trinajstić information content (AvgIpc) is 2.62. The molecule has 0 amide bonds. The number of rotatable bonds is 6. The molecule has 0 aliphatic rings. The fourth-order valence-corrected chi connectivity index (χ4v) is 2.37. The fraction of sp³-hybridized carbons (Fsp3) is 0.158. The standard InChI is InChI=1S/C19H16FN3O2/c1-2-13-3-4-23-16(5-13)9-19(24)14-6-15(20)8-17(7-14)25-18-10-21-12-22-11-18/h3-8,10-12H,2,9H2,1H3. The van der Waals surface area contributed by atoms with Crippen LogP contribution in [-0.2, 0) is 12.8 Å². The molecule has 3 aromatic rings. The zero-order valence-electron chi connectivity index (χ0n) is 13.6. The molecule has 6 heteroatoms. The van der Waals surface area contributed by atoms with Crippen LogP contribution in [0, 0.1) is 5.82 Å². The Morgan fingerprint density at radius 2 is 1.92 bits per heavy atom. The normalized spacial score (nSPS) is 10.5. The first-order chi connectivity index (χ1) is 12.1. The Hall–Kier alpha value is -3.15. The minimum atomic E-state index is -0.548. The Balaban J connectivity index is 1.80. The topological polar surface area (TPSA) is 65.0 Å². The van der Waals surface area contributed by atoms with Gasteiger partial charge in [0.25, 0.3) is 0 Å². The number of aryl methyl sites for hydroxylation is 1. The van der Waals surface area contributed by atoms with E-state index < -0.39 is 5.82 Å². The van der Waals surface area contributed by atoms with Gasteiger partial charge in [-0.05, 0) is 36.2 Å². The molecule has 0 saturated carbocycles. The van der Waals surface area contributed by atoms with Crippen molar-refractivity contribution in [3.05, 3.63) is 77.9 Å². The van der Waals surface area contributed by atoms with Crippen LogP contribution in [0.4, 0.5) is 4.39 Å². The van der Waals surface area contributed by atoms with Crippen LogP contribution in [-0.4, -0.2) is 20.7 Å². The number of ketones is 1. The van der Waals surface area contributed by atoms with Crippen LogP contribution in [0.25, 0.3) is 0 Å². The molecule has 0 N–H and O–H groups in total. The monoisotopic (exact) mass is 337 g/mol. The molecule has 2 heterocycles. The van der Waals surface area contributed by atoms with Gasteiger partial charge in [-0.1, -0.05) is 6.92 Å². The highest BCUT2D eigenvalue weighted by Gasteiger charge is 2.12. The van der Waals surface area contributed by atoms with E-state index >= 15 is 0 Å². The van der Waals surface area contributed by atoms with Gasteiger partial charge in [-0.25, -0.2) is 14.4 Å². The maximum Gasteiger partial charge on any atom is 0.169 e. The first-order valence-corrected chi connectivity index (χ1v) is 7.84. The summed E-state index contributed by atoms with van der Waals surface area (Å²) in [6, 6.07) is 7.70. The third-order valence-electron chi connectivity index (χ3n) is 3.60. The molecule has 1 aromatic carbocycles. The summed E-state index contributed by atoms with van der Waals surface area (Å²) in [5.41, 5.74) is 1.99. The summed E-state index contributed by atoms with van der Waals surface area (Å²) in [7, 11) is 0. The van der Waals surface area contributed by atoms with Gasteiger partial charge in [0.05, 0.1) is 18.8 Å². The number of nitrogens with zero attached hydrogens (tertiary/aromatic N) is 3. The number of halogens is 1. The van der Waals surface area contributed by atoms with Crippen LogP contribution in [0.5, 0.6) is 11.5 Å². The van der Waals surface area contributed by atoms with E-state index in [0.29, 0.717) is 11.4 Å². The Labute approximate surface area is 144 Å². The molecule has 0 atom stereocenters. The van der Waals surface area contributed by atoms with Gasteiger partial charge < -0.3 is 4.74 Å². The number of Topliss-reactive ketones (excluding diaryl/α,β-unsaturated/α-hetero) is 1. The number of carbonyl (C=O) groups is 1. The molecule has 25 heavy (non-hydrogen) atoms. The fourth-order valence-electron chi connectivity index (χ4n) is 2.37. The molecule has 126 valence electrons. The van der Waals surface area contributed by atoms with E-state index in [2.05, 4.69) is 15.0 Å². The van der Waals surface area contributed by atoms with Gasteiger partial charge in [-0.15, -0.1) is 0 Å². The van der Waals surface area contributed by atoms with E-state index in [1.807, 2.05) is 19.1 Å². The summed E-state index contributed by atoms with van der Waals surface area (Å²) in [6.45, 7) is 2.03. The van der Waals surface area contributed by atoms with Crippen molar-refractivity contribution in [3.8, 4) is 11.5 Å². The van der Waals surface area contributed by atoms with E-state index in [0.717, 1.165) is 12.0 Å². The van der Waals surface area contributed by atoms with E-state index in [1.165, 1.54) is 36.9 Å². The van der Waals surface area contributed by atoms with Crippen molar-refractivity contribution in [2.24, 2.45) is 0 Å². The Kier molecular flexibility index (Phi) is 5.09. The lowest BCUT2D eigenvalue weighted by molar-refractivity contribution is 0.0991. The van der Waals surface area contributed by atoms with Gasteiger partial charge in [-0.2, -0.15) is 0 Å². The molecule has 0 aliphatic heterocycles. The van der Waals surface area contributed by atoms with Crippen molar-refractivity contribution >= 4 is 5.78 Å². The second kappa shape index (κ2) is 7.61. The quantitative estimate of drug-likeness (QED) is 0.640. The van der Waals surface area contributed by atoms with Crippen LogP contribution < -0.4 is 4.74 Å². The average molecular weight is 337 g/mol. The molecule has 0 unspecified atom stereocenters. The van der Waals surface area contributed by atoms with Crippen molar-refractivity contribution in [1.82, 2.24) is 15.0 Å². The Morgan fingerprint density at radius 3 is 2.68 bits per heavy atom. The zero-order valence-corrected chi connectivity index (χ0v) is 13.6. The van der Waals surface area contributed by atoms with E-state index in [9.17, 15) is 9.18 Å². The largest absolute Gasteiger partial charge is 0.454 e. The Morgan fingerprint density at radius 1 is 1.12 bits per heavy atom. The number of hydrogen-bond acceptors (Lipinski definition) is 5. The predicted molar refractivity (Wildman–Crippen MR) is 90.2 cm³/mol. The second-order valence-corrected chi connectivity index (χ2v) is 5.46. The highest BCUT2D eigenvalue weighted by Crippen LogP contribution is 2.23. The molecule has 0 spiro atoms. The number of pyridine rings is 1. The highest BCUT2D eigenvalue weighted by atomic mass is 19.1. The molecule has 0 aliphatic carbocycles. The molecule has 0 saturated heterocycles. The lowest BCUT2D eigenvalue weighted by atomic mass is 10.0. The van der Waals surface area contributed by atoms with Crippen molar-refractivity contribution < 1.29 is 13.9 Å². The second-order valence-electron chi connectivity index (χ2n) is 5.46. The number of benzene rings is 1. The summed E-state index contributed by atoms with van der Waals surface area (Å²) >= 11 is 0. The van der Waals surface area contributed by atoms with Gasteiger partial charge in [0.1, 0.15) is 17.9 Å². The van der Waals surface area contributed by atoms with Gasteiger partial charge in [-0.3, -0.25) is 9.78 Å². The molecule has 0 fully saturated rings. The summed E-state index contributed by atoms with van der Waals surface area (Å²) in [6.07, 6.45) is 6.92. The SMILES string of the molecule is CCc1ccnc(CC(=O)c2cc(F)cc(Oc3cncnc3)c2)c1. The molecular weight excluding hydrogens is 321 g/mol. The van der Waals surface area contributed by atoms with Crippen LogP contribution in [0.3, 0.4) is 0 Å². The molecule has 0 radical (unpaired) electrons. The van der Waals surface area contributed by atoms with Crippen LogP contribution in [0.2, 0.25) is 0 Å². The predicted octanol–water partition coefficient (Wildman–Crippen LogP) is 3.79. The summed E-state index contributed by atoms with van der Waals surface area (Å²) in [5, 5.41) is 0. The third-order valence-corrected chi connectivity index (χ3v) is 3.60. The van der Waals surface area contributed by atoms with Crippen LogP contribution in [0.1, 0.15) is 28.5 Å². The van der Waals surface area contributed by atoms with Gasteiger partial charge in [0.15, 0.2) is 11.5 Å². The van der Waals surface area contributed by atoms with Crippen LogP contribution >= 0.6 is 0 Å². The van der Waals surface area contributed by atoms with Crippen molar-refractivity contribution in [3.63, 3.8) is 0 Å². The first-order valence-electron chi connectivity index (χ1n) is 7.84. The van der Waals surface area contributed by atoms with Crippen molar-refractivity contribution in [1.29, 1.82) is 0 Å². The molecule has 2 aromatic heterocycles. The Bertz CT molecular complexity index is 885.